The molecule has 0 fully saturated rings. The van der Waals surface area contributed by atoms with Crippen LogP contribution < -0.4 is 10.1 Å². The van der Waals surface area contributed by atoms with Crippen LogP contribution in [0.3, 0.4) is 0 Å². The number of nitro benzene ring substituents is 1. The lowest BCUT2D eigenvalue weighted by atomic mass is 10.3. The molecule has 0 saturated carbocycles. The molecule has 0 aromatic heterocycles. The fourth-order valence-electron chi connectivity index (χ4n) is 1.31. The number of nitrogens with one attached hydrogen (secondary N) is 1. The first-order valence-electron chi connectivity index (χ1n) is 5.53. The van der Waals surface area contributed by atoms with Gasteiger partial charge in [-0.05, 0) is 13.0 Å². The Labute approximate surface area is 109 Å². The van der Waals surface area contributed by atoms with Crippen molar-refractivity contribution in [3.8, 4) is 5.75 Å². The quantitative estimate of drug-likeness (QED) is 0.472. The molecule has 18 heavy (non-hydrogen) atoms. The minimum atomic E-state index is -0.833. The average molecular weight is 277 g/mol. The monoisotopic (exact) mass is 276 g/mol. The van der Waals surface area contributed by atoms with Crippen LogP contribution in [0, 0.1) is 15.9 Å². The van der Waals surface area contributed by atoms with E-state index in [1.807, 2.05) is 6.92 Å². The molecule has 1 rings (SSSR count). The van der Waals surface area contributed by atoms with Crippen LogP contribution in [0.15, 0.2) is 12.1 Å². The molecule has 0 atom stereocenters. The standard InChI is InChI=1S/C11H14ClFN2O3/c1-2-3-14-4-5-18-11-6-8(12)9(13)7-10(11)15(16)17/h6-7,14H,2-5H2,1H3. The third kappa shape index (κ3) is 4.12. The van der Waals surface area contributed by atoms with Crippen molar-refractivity contribution in [3.05, 3.63) is 33.1 Å². The number of hydrogen-bond acceptors (Lipinski definition) is 4. The SMILES string of the molecule is CCCNCCOc1cc(Cl)c(F)cc1[N+](=O)[O-]. The average Bonchev–Trinajstić information content (AvgIpc) is 2.32. The molecule has 0 saturated heterocycles. The third-order valence-electron chi connectivity index (χ3n) is 2.16. The molecule has 0 aliphatic carbocycles. The van der Waals surface area contributed by atoms with E-state index >= 15 is 0 Å². The van der Waals surface area contributed by atoms with Crippen LogP contribution in [-0.2, 0) is 0 Å². The predicted molar refractivity (Wildman–Crippen MR) is 66.7 cm³/mol. The first-order chi connectivity index (χ1) is 8.56. The topological polar surface area (TPSA) is 64.4 Å². The molecule has 5 nitrogen and oxygen atoms in total. The van der Waals surface area contributed by atoms with Crippen molar-refractivity contribution in [3.63, 3.8) is 0 Å². The van der Waals surface area contributed by atoms with Crippen molar-refractivity contribution in [2.75, 3.05) is 19.7 Å². The van der Waals surface area contributed by atoms with Crippen LogP contribution in [0.1, 0.15) is 13.3 Å². The lowest BCUT2D eigenvalue weighted by molar-refractivity contribution is -0.386. The molecule has 1 aromatic rings. The summed E-state index contributed by atoms with van der Waals surface area (Å²) in [5.74, 6) is -0.857. The number of nitrogens with zero attached hydrogens (tertiary/aromatic N) is 1. The first-order valence-corrected chi connectivity index (χ1v) is 5.91. The van der Waals surface area contributed by atoms with Crippen LogP contribution in [0.25, 0.3) is 0 Å². The largest absolute Gasteiger partial charge is 0.485 e. The van der Waals surface area contributed by atoms with Crippen LogP contribution in [-0.4, -0.2) is 24.6 Å². The summed E-state index contributed by atoms with van der Waals surface area (Å²) < 4.78 is 18.3. The molecule has 0 heterocycles. The second kappa shape index (κ2) is 7.13. The van der Waals surface area contributed by atoms with E-state index in [1.165, 1.54) is 0 Å². The van der Waals surface area contributed by atoms with E-state index in [0.29, 0.717) is 6.54 Å². The van der Waals surface area contributed by atoms with Crippen molar-refractivity contribution in [1.82, 2.24) is 5.32 Å². The van der Waals surface area contributed by atoms with Gasteiger partial charge in [0.1, 0.15) is 12.4 Å². The van der Waals surface area contributed by atoms with Gasteiger partial charge < -0.3 is 10.1 Å². The second-order valence-electron chi connectivity index (χ2n) is 3.59. The van der Waals surface area contributed by atoms with Crippen molar-refractivity contribution in [2.24, 2.45) is 0 Å². The summed E-state index contributed by atoms with van der Waals surface area (Å²) in [6, 6.07) is 1.88. The van der Waals surface area contributed by atoms with Crippen LogP contribution in [0.4, 0.5) is 10.1 Å². The number of hydrogen-bond donors (Lipinski definition) is 1. The van der Waals surface area contributed by atoms with Crippen molar-refractivity contribution < 1.29 is 14.1 Å². The highest BCUT2D eigenvalue weighted by Gasteiger charge is 2.18. The minimum Gasteiger partial charge on any atom is -0.485 e. The van der Waals surface area contributed by atoms with E-state index in [-0.39, 0.29) is 17.4 Å². The van der Waals surface area contributed by atoms with Gasteiger partial charge in [0.2, 0.25) is 0 Å². The van der Waals surface area contributed by atoms with E-state index in [1.54, 1.807) is 0 Å². The molecule has 100 valence electrons. The lowest BCUT2D eigenvalue weighted by Crippen LogP contribution is -2.21. The Hall–Kier alpha value is -1.40. The van der Waals surface area contributed by atoms with Gasteiger partial charge in [-0.15, -0.1) is 0 Å². The Kier molecular flexibility index (Phi) is 5.80. The number of halogens is 2. The highest BCUT2D eigenvalue weighted by Crippen LogP contribution is 2.32. The van der Waals surface area contributed by atoms with Gasteiger partial charge in [-0.25, -0.2) is 4.39 Å². The third-order valence-corrected chi connectivity index (χ3v) is 2.45. The fraction of sp³-hybridized carbons (Fsp3) is 0.455. The fourth-order valence-corrected chi connectivity index (χ4v) is 1.46. The molecule has 0 aliphatic rings. The maximum Gasteiger partial charge on any atom is 0.313 e. The van der Waals surface area contributed by atoms with E-state index in [9.17, 15) is 14.5 Å². The van der Waals surface area contributed by atoms with Crippen molar-refractivity contribution in [1.29, 1.82) is 0 Å². The zero-order chi connectivity index (χ0) is 13.5. The predicted octanol–water partition coefficient (Wildman–Crippen LogP) is 2.77. The summed E-state index contributed by atoms with van der Waals surface area (Å²) >= 11 is 5.56. The molecule has 0 amide bonds. The minimum absolute atomic E-state index is 0.0234. The molecule has 0 unspecified atom stereocenters. The lowest BCUT2D eigenvalue weighted by Gasteiger charge is -2.08. The number of benzene rings is 1. The zero-order valence-corrected chi connectivity index (χ0v) is 10.7. The smallest absolute Gasteiger partial charge is 0.313 e. The normalized spacial score (nSPS) is 10.4. The van der Waals surface area contributed by atoms with Crippen LogP contribution in [0.5, 0.6) is 5.75 Å². The molecule has 0 bridgehead atoms. The maximum atomic E-state index is 13.1. The van der Waals surface area contributed by atoms with E-state index in [2.05, 4.69) is 5.32 Å². The molecule has 0 aliphatic heterocycles. The first kappa shape index (κ1) is 14.7. The maximum absolute atomic E-state index is 13.1. The Bertz CT molecular complexity index is 429. The summed E-state index contributed by atoms with van der Waals surface area (Å²) in [6.45, 7) is 3.68. The number of rotatable bonds is 7. The van der Waals surface area contributed by atoms with Gasteiger partial charge in [0.05, 0.1) is 16.0 Å². The zero-order valence-electron chi connectivity index (χ0n) is 9.91. The van der Waals surface area contributed by atoms with E-state index in [0.717, 1.165) is 25.1 Å². The molecule has 0 spiro atoms. The van der Waals surface area contributed by atoms with Gasteiger partial charge in [0, 0.05) is 12.6 Å². The highest BCUT2D eigenvalue weighted by molar-refractivity contribution is 6.31. The Morgan fingerprint density at radius 1 is 1.50 bits per heavy atom. The molecular weight excluding hydrogens is 263 g/mol. The van der Waals surface area contributed by atoms with E-state index in [4.69, 9.17) is 16.3 Å². The van der Waals surface area contributed by atoms with Gasteiger partial charge in [-0.2, -0.15) is 0 Å². The van der Waals surface area contributed by atoms with Gasteiger partial charge in [0.25, 0.3) is 0 Å². The molecule has 1 N–H and O–H groups in total. The summed E-state index contributed by atoms with van der Waals surface area (Å²) in [5, 5.41) is 13.6. The molecule has 7 heteroatoms. The summed E-state index contributed by atoms with van der Waals surface area (Å²) in [4.78, 5) is 10.0. The van der Waals surface area contributed by atoms with Crippen LogP contribution >= 0.6 is 11.6 Å². The molecule has 1 aromatic carbocycles. The van der Waals surface area contributed by atoms with Gasteiger partial charge in [0.15, 0.2) is 5.75 Å². The Morgan fingerprint density at radius 2 is 2.22 bits per heavy atom. The summed E-state index contributed by atoms with van der Waals surface area (Å²) in [6.07, 6.45) is 0.989. The number of ether oxygens (including phenoxy) is 1. The summed E-state index contributed by atoms with van der Waals surface area (Å²) in [7, 11) is 0. The second-order valence-corrected chi connectivity index (χ2v) is 4.00. The molecule has 0 radical (unpaired) electrons. The van der Waals surface area contributed by atoms with Gasteiger partial charge in [-0.3, -0.25) is 10.1 Å². The highest BCUT2D eigenvalue weighted by atomic mass is 35.5. The van der Waals surface area contributed by atoms with Crippen molar-refractivity contribution in [2.45, 2.75) is 13.3 Å². The van der Waals surface area contributed by atoms with Gasteiger partial charge in [-0.1, -0.05) is 18.5 Å². The molecular formula is C11H14ClFN2O3. The van der Waals surface area contributed by atoms with Crippen LogP contribution in [0.2, 0.25) is 5.02 Å². The number of nitro groups is 1. The summed E-state index contributed by atoms with van der Waals surface area (Å²) in [5.41, 5.74) is -0.424. The Morgan fingerprint density at radius 3 is 2.83 bits per heavy atom. The van der Waals surface area contributed by atoms with Gasteiger partial charge >= 0.3 is 5.69 Å². The van der Waals surface area contributed by atoms with Crippen molar-refractivity contribution >= 4 is 17.3 Å². The van der Waals surface area contributed by atoms with E-state index < -0.39 is 16.4 Å². The Balaban J connectivity index is 2.68.